The number of aryl methyl sites for hydroxylation is 3. The van der Waals surface area contributed by atoms with Gasteiger partial charge in [0.15, 0.2) is 0 Å². The highest BCUT2D eigenvalue weighted by Crippen LogP contribution is 2.17. The summed E-state index contributed by atoms with van der Waals surface area (Å²) in [6.45, 7) is 5.35. The topological polar surface area (TPSA) is 50.1 Å². The number of hydrogen-bond acceptors (Lipinski definition) is 3. The lowest BCUT2D eigenvalue weighted by molar-refractivity contribution is 0.341. The first-order chi connectivity index (χ1) is 10.6. The average Bonchev–Trinajstić information content (AvgIpc) is 2.86. The maximum Gasteiger partial charge on any atom is 0.115 e. The van der Waals surface area contributed by atoms with Gasteiger partial charge in [0.05, 0.1) is 5.69 Å². The highest BCUT2D eigenvalue weighted by molar-refractivity contribution is 5.25. The fourth-order valence-electron chi connectivity index (χ4n) is 3.25. The molecule has 2 N–H and O–H groups in total. The van der Waals surface area contributed by atoms with Crippen molar-refractivity contribution < 1.29 is 5.11 Å². The Morgan fingerprint density at radius 1 is 1.36 bits per heavy atom. The van der Waals surface area contributed by atoms with Crippen LogP contribution in [0.2, 0.25) is 0 Å². The number of rotatable bonds is 5. The van der Waals surface area contributed by atoms with E-state index >= 15 is 0 Å². The fourth-order valence-corrected chi connectivity index (χ4v) is 3.25. The molecule has 4 heteroatoms. The fraction of sp³-hybridized carbons (Fsp3) is 0.500. The standard InChI is InChI=1S/C18H25N3O/c1-13(3-4-15-5-8-17(22)9-6-15)19-16-7-10-18-20-14(2)11-21(18)12-16/h5-6,8-9,11,13,16,19,22H,3-4,7,10,12H2,1-2H3. The van der Waals surface area contributed by atoms with Gasteiger partial charge in [-0.05, 0) is 50.8 Å². The first-order valence-electron chi connectivity index (χ1n) is 8.17. The number of nitrogens with zero attached hydrogens (tertiary/aromatic N) is 2. The van der Waals surface area contributed by atoms with Gasteiger partial charge in [-0.3, -0.25) is 0 Å². The van der Waals surface area contributed by atoms with Crippen molar-refractivity contribution in [1.29, 1.82) is 0 Å². The minimum absolute atomic E-state index is 0.337. The van der Waals surface area contributed by atoms with Gasteiger partial charge >= 0.3 is 0 Å². The number of phenolic OH excluding ortho intramolecular Hbond substituents is 1. The number of benzene rings is 1. The third kappa shape index (κ3) is 3.69. The van der Waals surface area contributed by atoms with E-state index in [1.807, 2.05) is 12.1 Å². The summed E-state index contributed by atoms with van der Waals surface area (Å²) in [5.74, 6) is 1.57. The van der Waals surface area contributed by atoms with Crippen molar-refractivity contribution in [2.75, 3.05) is 0 Å². The van der Waals surface area contributed by atoms with Crippen LogP contribution in [0.5, 0.6) is 5.75 Å². The molecule has 0 fully saturated rings. The SMILES string of the molecule is Cc1cn2c(n1)CCC(NC(C)CCc1ccc(O)cc1)C2. The molecule has 22 heavy (non-hydrogen) atoms. The molecule has 0 saturated heterocycles. The molecular formula is C18H25N3O. The molecule has 1 aliphatic rings. The first-order valence-corrected chi connectivity index (χ1v) is 8.17. The van der Waals surface area contributed by atoms with E-state index in [0.717, 1.165) is 31.5 Å². The minimum Gasteiger partial charge on any atom is -0.508 e. The molecule has 0 aliphatic carbocycles. The number of imidazole rings is 1. The predicted octanol–water partition coefficient (Wildman–Crippen LogP) is 2.82. The summed E-state index contributed by atoms with van der Waals surface area (Å²) in [6.07, 6.45) is 6.54. The van der Waals surface area contributed by atoms with E-state index in [0.29, 0.717) is 17.8 Å². The van der Waals surface area contributed by atoms with Crippen LogP contribution >= 0.6 is 0 Å². The zero-order valence-electron chi connectivity index (χ0n) is 13.4. The van der Waals surface area contributed by atoms with Crippen LogP contribution in [0.25, 0.3) is 0 Å². The minimum atomic E-state index is 0.337. The zero-order valence-corrected chi connectivity index (χ0v) is 13.4. The van der Waals surface area contributed by atoms with Crippen molar-refractivity contribution in [3.05, 3.63) is 47.5 Å². The van der Waals surface area contributed by atoms with E-state index in [9.17, 15) is 5.11 Å². The van der Waals surface area contributed by atoms with Crippen molar-refractivity contribution in [3.8, 4) is 5.75 Å². The Balaban J connectivity index is 1.48. The van der Waals surface area contributed by atoms with Crippen LogP contribution in [0.4, 0.5) is 0 Å². The molecule has 0 radical (unpaired) electrons. The highest BCUT2D eigenvalue weighted by atomic mass is 16.3. The molecule has 2 heterocycles. The molecule has 1 aliphatic heterocycles. The summed E-state index contributed by atoms with van der Waals surface area (Å²) in [6, 6.07) is 8.56. The molecule has 3 rings (SSSR count). The van der Waals surface area contributed by atoms with Crippen molar-refractivity contribution in [2.24, 2.45) is 0 Å². The van der Waals surface area contributed by atoms with Crippen LogP contribution < -0.4 is 5.32 Å². The van der Waals surface area contributed by atoms with Crippen LogP contribution in [0.3, 0.4) is 0 Å². The number of aromatic hydroxyl groups is 1. The van der Waals surface area contributed by atoms with Crippen molar-refractivity contribution >= 4 is 0 Å². The van der Waals surface area contributed by atoms with Gasteiger partial charge < -0.3 is 15.0 Å². The van der Waals surface area contributed by atoms with E-state index in [1.54, 1.807) is 12.1 Å². The molecule has 4 nitrogen and oxygen atoms in total. The van der Waals surface area contributed by atoms with E-state index in [1.165, 1.54) is 17.8 Å². The van der Waals surface area contributed by atoms with E-state index in [2.05, 4.69) is 34.9 Å². The van der Waals surface area contributed by atoms with Gasteiger partial charge in [0.25, 0.3) is 0 Å². The van der Waals surface area contributed by atoms with E-state index in [4.69, 9.17) is 0 Å². The number of hydrogen-bond donors (Lipinski definition) is 2. The zero-order chi connectivity index (χ0) is 15.5. The molecule has 1 aromatic heterocycles. The molecule has 0 bridgehead atoms. The predicted molar refractivity (Wildman–Crippen MR) is 88.1 cm³/mol. The van der Waals surface area contributed by atoms with Gasteiger partial charge in [-0.2, -0.15) is 0 Å². The Hall–Kier alpha value is -1.81. The summed E-state index contributed by atoms with van der Waals surface area (Å²) in [4.78, 5) is 4.56. The Kier molecular flexibility index (Phi) is 4.48. The third-order valence-corrected chi connectivity index (χ3v) is 4.44. The Labute approximate surface area is 132 Å². The number of nitrogens with one attached hydrogen (secondary N) is 1. The summed E-state index contributed by atoms with van der Waals surface area (Å²) in [5, 5.41) is 13.1. The molecule has 0 amide bonds. The van der Waals surface area contributed by atoms with Crippen molar-refractivity contribution in [2.45, 2.75) is 58.2 Å². The van der Waals surface area contributed by atoms with Gasteiger partial charge in [-0.1, -0.05) is 12.1 Å². The summed E-state index contributed by atoms with van der Waals surface area (Å²) in [5.41, 5.74) is 2.40. The molecular weight excluding hydrogens is 274 g/mol. The smallest absolute Gasteiger partial charge is 0.115 e. The van der Waals surface area contributed by atoms with Gasteiger partial charge in [-0.25, -0.2) is 4.98 Å². The molecule has 2 aromatic rings. The Morgan fingerprint density at radius 3 is 2.91 bits per heavy atom. The van der Waals surface area contributed by atoms with Crippen molar-refractivity contribution in [1.82, 2.24) is 14.9 Å². The van der Waals surface area contributed by atoms with Gasteiger partial charge in [0, 0.05) is 31.2 Å². The lowest BCUT2D eigenvalue weighted by atomic mass is 10.0. The van der Waals surface area contributed by atoms with Crippen LogP contribution in [-0.4, -0.2) is 26.7 Å². The third-order valence-electron chi connectivity index (χ3n) is 4.44. The average molecular weight is 299 g/mol. The lowest BCUT2D eigenvalue weighted by Crippen LogP contribution is -2.42. The van der Waals surface area contributed by atoms with Crippen LogP contribution in [0, 0.1) is 6.92 Å². The number of fused-ring (bicyclic) bond motifs is 1. The summed E-state index contributed by atoms with van der Waals surface area (Å²) >= 11 is 0. The highest BCUT2D eigenvalue weighted by Gasteiger charge is 2.20. The Morgan fingerprint density at radius 2 is 2.14 bits per heavy atom. The van der Waals surface area contributed by atoms with Crippen LogP contribution in [0.15, 0.2) is 30.5 Å². The second-order valence-electron chi connectivity index (χ2n) is 6.46. The monoisotopic (exact) mass is 299 g/mol. The van der Waals surface area contributed by atoms with Gasteiger partial charge in [0.1, 0.15) is 11.6 Å². The maximum absolute atomic E-state index is 9.31. The first kappa shape index (κ1) is 15.1. The normalized spacial score (nSPS) is 18.9. The molecule has 2 atom stereocenters. The van der Waals surface area contributed by atoms with E-state index < -0.39 is 0 Å². The van der Waals surface area contributed by atoms with Crippen LogP contribution in [0.1, 0.15) is 36.8 Å². The lowest BCUT2D eigenvalue weighted by Gasteiger charge is -2.28. The summed E-state index contributed by atoms with van der Waals surface area (Å²) < 4.78 is 2.29. The molecule has 1 aromatic carbocycles. The van der Waals surface area contributed by atoms with Gasteiger partial charge in [0.2, 0.25) is 0 Å². The molecule has 0 saturated carbocycles. The molecule has 0 spiro atoms. The number of phenols is 1. The summed E-state index contributed by atoms with van der Waals surface area (Å²) in [7, 11) is 0. The van der Waals surface area contributed by atoms with Gasteiger partial charge in [-0.15, -0.1) is 0 Å². The van der Waals surface area contributed by atoms with Crippen LogP contribution in [-0.2, 0) is 19.4 Å². The molecule has 2 unspecified atom stereocenters. The van der Waals surface area contributed by atoms with E-state index in [-0.39, 0.29) is 0 Å². The number of aromatic nitrogens is 2. The quantitative estimate of drug-likeness (QED) is 0.892. The maximum atomic E-state index is 9.31. The Bertz CT molecular complexity index is 618. The second kappa shape index (κ2) is 6.53. The van der Waals surface area contributed by atoms with Crippen molar-refractivity contribution in [3.63, 3.8) is 0 Å². The molecule has 118 valence electrons. The second-order valence-corrected chi connectivity index (χ2v) is 6.46. The largest absolute Gasteiger partial charge is 0.508 e.